The molecule has 3 rings (SSSR count). The molecule has 0 bridgehead atoms. The van der Waals surface area contributed by atoms with E-state index in [0.29, 0.717) is 23.5 Å². The predicted molar refractivity (Wildman–Crippen MR) is 125 cm³/mol. The van der Waals surface area contributed by atoms with Crippen LogP contribution in [0.1, 0.15) is 45.2 Å². The van der Waals surface area contributed by atoms with Gasteiger partial charge in [-0.15, -0.1) is 0 Å². The van der Waals surface area contributed by atoms with Crippen molar-refractivity contribution < 1.29 is 14.3 Å². The van der Waals surface area contributed by atoms with Crippen LogP contribution in [-0.4, -0.2) is 25.0 Å². The van der Waals surface area contributed by atoms with E-state index in [9.17, 15) is 4.79 Å². The Morgan fingerprint density at radius 3 is 2.26 bits per heavy atom. The van der Waals surface area contributed by atoms with Crippen LogP contribution in [0.3, 0.4) is 0 Å². The maximum atomic E-state index is 13.0. The summed E-state index contributed by atoms with van der Waals surface area (Å²) in [6.45, 7) is 8.29. The first kappa shape index (κ1) is 22.3. The largest absolute Gasteiger partial charge is 0.493 e. The van der Waals surface area contributed by atoms with Crippen LogP contribution in [0.25, 0.3) is 5.57 Å². The molecule has 0 radical (unpaired) electrons. The van der Waals surface area contributed by atoms with E-state index in [0.717, 1.165) is 40.8 Å². The standard InChI is InChI=1S/C27H29NO3/c1-6-21-13-14-24(27(31-5)26(21)30-4)25(29)17-20-9-11-22(12-10-20)18(2)16-23-8-7-15-28-19(23)3/h7-15H,2,6,16-17H2,1,3-5H3. The van der Waals surface area contributed by atoms with E-state index in [-0.39, 0.29) is 5.78 Å². The molecular weight excluding hydrogens is 386 g/mol. The van der Waals surface area contributed by atoms with Gasteiger partial charge in [0.1, 0.15) is 0 Å². The minimum Gasteiger partial charge on any atom is -0.493 e. The Morgan fingerprint density at radius 1 is 0.935 bits per heavy atom. The van der Waals surface area contributed by atoms with Gasteiger partial charge in [-0.25, -0.2) is 0 Å². The van der Waals surface area contributed by atoms with E-state index < -0.39 is 0 Å². The Labute approximate surface area is 184 Å². The van der Waals surface area contributed by atoms with Crippen molar-refractivity contribution in [3.63, 3.8) is 0 Å². The topological polar surface area (TPSA) is 48.4 Å². The number of aromatic nitrogens is 1. The number of ether oxygens (including phenoxy) is 2. The molecule has 31 heavy (non-hydrogen) atoms. The fourth-order valence-corrected chi connectivity index (χ4v) is 3.70. The normalized spacial score (nSPS) is 10.6. The van der Waals surface area contributed by atoms with Gasteiger partial charge in [-0.1, -0.05) is 49.9 Å². The summed E-state index contributed by atoms with van der Waals surface area (Å²) in [5.41, 5.74) is 6.77. The van der Waals surface area contributed by atoms with Gasteiger partial charge < -0.3 is 9.47 Å². The number of methoxy groups -OCH3 is 2. The van der Waals surface area contributed by atoms with Gasteiger partial charge in [0.15, 0.2) is 17.3 Å². The predicted octanol–water partition coefficient (Wildman–Crippen LogP) is 5.65. The molecule has 0 saturated carbocycles. The van der Waals surface area contributed by atoms with Gasteiger partial charge in [0, 0.05) is 18.3 Å². The lowest BCUT2D eigenvalue weighted by Crippen LogP contribution is -2.08. The minimum absolute atomic E-state index is 0.00429. The highest BCUT2D eigenvalue weighted by molar-refractivity contribution is 6.01. The van der Waals surface area contributed by atoms with Crippen LogP contribution < -0.4 is 9.47 Å². The Bertz CT molecular complexity index is 1080. The van der Waals surface area contributed by atoms with Gasteiger partial charge in [-0.3, -0.25) is 9.78 Å². The molecule has 0 atom stereocenters. The summed E-state index contributed by atoms with van der Waals surface area (Å²) in [7, 11) is 3.17. The highest BCUT2D eigenvalue weighted by Crippen LogP contribution is 2.35. The number of hydrogen-bond donors (Lipinski definition) is 0. The van der Waals surface area contributed by atoms with Crippen molar-refractivity contribution in [3.8, 4) is 11.5 Å². The second-order valence-corrected chi connectivity index (χ2v) is 7.52. The molecule has 0 aliphatic heterocycles. The molecule has 4 nitrogen and oxygen atoms in total. The zero-order valence-electron chi connectivity index (χ0n) is 18.7. The summed E-state index contributed by atoms with van der Waals surface area (Å²) in [5.74, 6) is 1.13. The monoisotopic (exact) mass is 415 g/mol. The van der Waals surface area contributed by atoms with Crippen LogP contribution >= 0.6 is 0 Å². The van der Waals surface area contributed by atoms with E-state index in [1.807, 2.05) is 56.3 Å². The minimum atomic E-state index is -0.00429. The molecule has 3 aromatic rings. The van der Waals surface area contributed by atoms with Crippen molar-refractivity contribution in [2.24, 2.45) is 0 Å². The summed E-state index contributed by atoms with van der Waals surface area (Å²) >= 11 is 0. The summed E-state index contributed by atoms with van der Waals surface area (Å²) in [6, 6.07) is 15.8. The van der Waals surface area contributed by atoms with E-state index >= 15 is 0 Å². The molecule has 0 N–H and O–H groups in total. The number of benzene rings is 2. The first-order chi connectivity index (χ1) is 15.0. The molecule has 0 unspecified atom stereocenters. The third kappa shape index (κ3) is 5.02. The van der Waals surface area contributed by atoms with Gasteiger partial charge in [-0.2, -0.15) is 0 Å². The van der Waals surface area contributed by atoms with E-state index in [1.54, 1.807) is 20.4 Å². The Balaban J connectivity index is 1.75. The van der Waals surface area contributed by atoms with Crippen molar-refractivity contribution in [1.82, 2.24) is 4.98 Å². The summed E-state index contributed by atoms with van der Waals surface area (Å²) in [4.78, 5) is 17.3. The van der Waals surface area contributed by atoms with Crippen molar-refractivity contribution in [3.05, 3.63) is 94.8 Å². The molecule has 160 valence electrons. The van der Waals surface area contributed by atoms with Gasteiger partial charge in [0.05, 0.1) is 19.8 Å². The Morgan fingerprint density at radius 2 is 1.65 bits per heavy atom. The molecule has 0 spiro atoms. The van der Waals surface area contributed by atoms with Gasteiger partial charge in [0.25, 0.3) is 0 Å². The molecule has 0 fully saturated rings. The van der Waals surface area contributed by atoms with Crippen LogP contribution in [0.4, 0.5) is 0 Å². The molecular formula is C27H29NO3. The lowest BCUT2D eigenvalue weighted by atomic mass is 9.95. The van der Waals surface area contributed by atoms with Crippen molar-refractivity contribution in [2.45, 2.75) is 33.1 Å². The van der Waals surface area contributed by atoms with E-state index in [2.05, 4.69) is 17.6 Å². The second-order valence-electron chi connectivity index (χ2n) is 7.52. The molecule has 1 heterocycles. The molecule has 2 aromatic carbocycles. The van der Waals surface area contributed by atoms with Gasteiger partial charge >= 0.3 is 0 Å². The second kappa shape index (κ2) is 10.1. The van der Waals surface area contributed by atoms with Crippen LogP contribution in [-0.2, 0) is 19.3 Å². The average molecular weight is 416 g/mol. The fourth-order valence-electron chi connectivity index (χ4n) is 3.70. The zero-order chi connectivity index (χ0) is 22.4. The summed E-state index contributed by atoms with van der Waals surface area (Å²) in [6.07, 6.45) is 3.64. The number of carbonyl (C=O) groups excluding carboxylic acids is 1. The van der Waals surface area contributed by atoms with Crippen LogP contribution in [0.2, 0.25) is 0 Å². The average Bonchev–Trinajstić information content (AvgIpc) is 2.79. The highest BCUT2D eigenvalue weighted by Gasteiger charge is 2.19. The molecule has 1 aromatic heterocycles. The summed E-state index contributed by atoms with van der Waals surface area (Å²) in [5, 5.41) is 0. The third-order valence-corrected chi connectivity index (χ3v) is 5.53. The number of allylic oxidation sites excluding steroid dienone is 1. The summed E-state index contributed by atoms with van der Waals surface area (Å²) < 4.78 is 11.0. The molecule has 0 aliphatic carbocycles. The first-order valence-corrected chi connectivity index (χ1v) is 10.4. The molecule has 0 saturated heterocycles. The maximum absolute atomic E-state index is 13.0. The zero-order valence-corrected chi connectivity index (χ0v) is 18.7. The van der Waals surface area contributed by atoms with Crippen LogP contribution in [0, 0.1) is 6.92 Å². The molecule has 4 heteroatoms. The lowest BCUT2D eigenvalue weighted by Gasteiger charge is -2.15. The van der Waals surface area contributed by atoms with Crippen LogP contribution in [0.15, 0.2) is 61.3 Å². The van der Waals surface area contributed by atoms with E-state index in [1.165, 1.54) is 5.56 Å². The fraction of sp³-hybridized carbons (Fsp3) is 0.259. The van der Waals surface area contributed by atoms with Crippen molar-refractivity contribution in [1.29, 1.82) is 0 Å². The third-order valence-electron chi connectivity index (χ3n) is 5.53. The lowest BCUT2D eigenvalue weighted by molar-refractivity contribution is 0.0989. The van der Waals surface area contributed by atoms with Crippen molar-refractivity contribution in [2.75, 3.05) is 14.2 Å². The number of pyridine rings is 1. The van der Waals surface area contributed by atoms with Crippen molar-refractivity contribution >= 4 is 11.4 Å². The smallest absolute Gasteiger partial charge is 0.171 e. The number of Topliss-reactive ketones (excluding diaryl/α,β-unsaturated/α-hetero) is 1. The number of nitrogens with zero attached hydrogens (tertiary/aromatic N) is 1. The number of aryl methyl sites for hydroxylation is 2. The maximum Gasteiger partial charge on any atom is 0.171 e. The highest BCUT2D eigenvalue weighted by atomic mass is 16.5. The van der Waals surface area contributed by atoms with E-state index in [4.69, 9.17) is 9.47 Å². The quantitative estimate of drug-likeness (QED) is 0.424. The van der Waals surface area contributed by atoms with Crippen LogP contribution in [0.5, 0.6) is 11.5 Å². The van der Waals surface area contributed by atoms with Gasteiger partial charge in [-0.05, 0) is 59.7 Å². The van der Waals surface area contributed by atoms with Gasteiger partial charge in [0.2, 0.25) is 0 Å². The number of ketones is 1. The number of carbonyl (C=O) groups is 1. The number of rotatable bonds is 9. The molecule has 0 amide bonds. The SMILES string of the molecule is C=C(Cc1cccnc1C)c1ccc(CC(=O)c2ccc(CC)c(OC)c2OC)cc1. The number of hydrogen-bond acceptors (Lipinski definition) is 4. The first-order valence-electron chi connectivity index (χ1n) is 10.4. The molecule has 0 aliphatic rings. The Kier molecular flexibility index (Phi) is 7.24. The Hall–Kier alpha value is -3.40.